The number of hydrogen-bond acceptors (Lipinski definition) is 2. The third kappa shape index (κ3) is 2.21. The van der Waals surface area contributed by atoms with E-state index in [1.807, 2.05) is 0 Å². The van der Waals surface area contributed by atoms with Crippen LogP contribution in [0.5, 0.6) is 0 Å². The summed E-state index contributed by atoms with van der Waals surface area (Å²) >= 11 is 0. The predicted molar refractivity (Wildman–Crippen MR) is 63.0 cm³/mol. The Hall–Kier alpha value is -0.0800. The first kappa shape index (κ1) is 11.4. The van der Waals surface area contributed by atoms with Gasteiger partial charge in [0.15, 0.2) is 0 Å². The first-order chi connectivity index (χ1) is 7.14. The molecule has 0 aromatic carbocycles. The second-order valence-corrected chi connectivity index (χ2v) is 5.71. The van der Waals surface area contributed by atoms with Crippen LogP contribution < -0.4 is 0 Å². The molecule has 0 unspecified atom stereocenters. The van der Waals surface area contributed by atoms with Gasteiger partial charge in [-0.05, 0) is 53.1 Å². The second-order valence-electron chi connectivity index (χ2n) is 5.71. The summed E-state index contributed by atoms with van der Waals surface area (Å²) in [5.41, 5.74) is 0.497. The molecule has 2 heteroatoms. The molecule has 0 spiro atoms. The number of rotatable bonds is 3. The van der Waals surface area contributed by atoms with Gasteiger partial charge in [-0.25, -0.2) is 0 Å². The van der Waals surface area contributed by atoms with Crippen LogP contribution in [0.4, 0.5) is 0 Å². The minimum Gasteiger partial charge on any atom is -0.378 e. The van der Waals surface area contributed by atoms with Crippen LogP contribution in [0.3, 0.4) is 0 Å². The summed E-state index contributed by atoms with van der Waals surface area (Å²) in [6, 6.07) is 0.796. The molecule has 0 aromatic rings. The maximum Gasteiger partial charge on any atom is 0.0540 e. The Morgan fingerprint density at radius 3 is 2.80 bits per heavy atom. The minimum atomic E-state index is 0.382. The molecule has 2 rings (SSSR count). The first-order valence-corrected chi connectivity index (χ1v) is 6.46. The monoisotopic (exact) mass is 211 g/mol. The van der Waals surface area contributed by atoms with Gasteiger partial charge in [-0.1, -0.05) is 6.42 Å². The van der Waals surface area contributed by atoms with Gasteiger partial charge in [0.25, 0.3) is 0 Å². The Labute approximate surface area is 94.0 Å². The predicted octanol–water partition coefficient (Wildman–Crippen LogP) is 2.68. The number of piperidine rings is 1. The van der Waals surface area contributed by atoms with E-state index in [1.165, 1.54) is 38.6 Å². The lowest BCUT2D eigenvalue weighted by molar-refractivity contribution is -0.0462. The van der Waals surface area contributed by atoms with Crippen molar-refractivity contribution in [2.45, 2.75) is 58.1 Å². The smallest absolute Gasteiger partial charge is 0.0540 e. The minimum absolute atomic E-state index is 0.382. The van der Waals surface area contributed by atoms with Crippen LogP contribution in [0, 0.1) is 5.41 Å². The summed E-state index contributed by atoms with van der Waals surface area (Å²) < 4.78 is 5.91. The molecule has 2 nitrogen and oxygen atoms in total. The number of ether oxygens (including phenoxy) is 1. The average Bonchev–Trinajstić information content (AvgIpc) is 2.61. The van der Waals surface area contributed by atoms with E-state index in [9.17, 15) is 0 Å². The molecular weight excluding hydrogens is 186 g/mol. The molecule has 88 valence electrons. The third-order valence-electron chi connectivity index (χ3n) is 4.28. The van der Waals surface area contributed by atoms with E-state index in [4.69, 9.17) is 4.74 Å². The molecular formula is C13H25NO. The Morgan fingerprint density at radius 1 is 1.33 bits per heavy atom. The summed E-state index contributed by atoms with van der Waals surface area (Å²) in [6.07, 6.45) is 7.29. The third-order valence-corrected chi connectivity index (χ3v) is 4.28. The van der Waals surface area contributed by atoms with E-state index in [0.29, 0.717) is 11.5 Å². The zero-order chi connectivity index (χ0) is 10.9. The van der Waals surface area contributed by atoms with Crippen LogP contribution in [-0.4, -0.2) is 37.2 Å². The largest absolute Gasteiger partial charge is 0.378 e. The summed E-state index contributed by atoms with van der Waals surface area (Å²) in [5, 5.41) is 0. The zero-order valence-electron chi connectivity index (χ0n) is 10.5. The lowest BCUT2D eigenvalue weighted by Gasteiger charge is -2.45. The first-order valence-electron chi connectivity index (χ1n) is 6.46. The number of nitrogens with zero attached hydrogens (tertiary/aromatic N) is 1. The van der Waals surface area contributed by atoms with Gasteiger partial charge in [0.05, 0.1) is 12.7 Å². The van der Waals surface area contributed by atoms with Crippen LogP contribution in [0.15, 0.2) is 0 Å². The van der Waals surface area contributed by atoms with Crippen LogP contribution >= 0.6 is 0 Å². The SMILES string of the molecule is CC(C)OC[C@]12CCC[C@H]1N(C)CCC2. The van der Waals surface area contributed by atoms with Crippen LogP contribution in [-0.2, 0) is 4.74 Å². The highest BCUT2D eigenvalue weighted by Crippen LogP contribution is 2.47. The van der Waals surface area contributed by atoms with Crippen molar-refractivity contribution < 1.29 is 4.74 Å². The molecule has 0 radical (unpaired) electrons. The molecule has 1 aliphatic carbocycles. The number of fused-ring (bicyclic) bond motifs is 1. The van der Waals surface area contributed by atoms with Gasteiger partial charge in [-0.3, -0.25) is 0 Å². The van der Waals surface area contributed by atoms with Crippen molar-refractivity contribution in [1.82, 2.24) is 4.90 Å². The molecule has 1 saturated carbocycles. The molecule has 0 N–H and O–H groups in total. The van der Waals surface area contributed by atoms with Gasteiger partial charge in [0.1, 0.15) is 0 Å². The van der Waals surface area contributed by atoms with Gasteiger partial charge in [0, 0.05) is 11.5 Å². The average molecular weight is 211 g/mol. The highest BCUT2D eigenvalue weighted by atomic mass is 16.5. The summed E-state index contributed by atoms with van der Waals surface area (Å²) in [4.78, 5) is 2.57. The van der Waals surface area contributed by atoms with Crippen molar-refractivity contribution in [2.24, 2.45) is 5.41 Å². The van der Waals surface area contributed by atoms with Crippen molar-refractivity contribution in [3.8, 4) is 0 Å². The summed E-state index contributed by atoms with van der Waals surface area (Å²) in [6.45, 7) is 6.56. The van der Waals surface area contributed by atoms with Crippen molar-refractivity contribution in [3.63, 3.8) is 0 Å². The zero-order valence-corrected chi connectivity index (χ0v) is 10.5. The molecule has 2 fully saturated rings. The fraction of sp³-hybridized carbons (Fsp3) is 1.00. The maximum atomic E-state index is 5.91. The van der Waals surface area contributed by atoms with E-state index >= 15 is 0 Å². The normalized spacial score (nSPS) is 37.2. The highest BCUT2D eigenvalue weighted by Gasteiger charge is 2.46. The fourth-order valence-corrected chi connectivity index (χ4v) is 3.51. The summed E-state index contributed by atoms with van der Waals surface area (Å²) in [7, 11) is 2.29. The quantitative estimate of drug-likeness (QED) is 0.711. The molecule has 0 aromatic heterocycles. The van der Waals surface area contributed by atoms with E-state index in [0.717, 1.165) is 12.6 Å². The number of likely N-dealkylation sites (tertiary alicyclic amines) is 1. The van der Waals surface area contributed by atoms with Crippen LogP contribution in [0.1, 0.15) is 46.0 Å². The molecule has 0 bridgehead atoms. The molecule has 15 heavy (non-hydrogen) atoms. The Kier molecular flexibility index (Phi) is 3.36. The highest BCUT2D eigenvalue weighted by molar-refractivity contribution is 4.99. The molecule has 1 saturated heterocycles. The molecule has 2 aliphatic rings. The Balaban J connectivity index is 2.02. The fourth-order valence-electron chi connectivity index (χ4n) is 3.51. The van der Waals surface area contributed by atoms with Crippen molar-refractivity contribution in [3.05, 3.63) is 0 Å². The summed E-state index contributed by atoms with van der Waals surface area (Å²) in [5.74, 6) is 0. The molecule has 0 amide bonds. The van der Waals surface area contributed by atoms with Gasteiger partial charge >= 0.3 is 0 Å². The Morgan fingerprint density at radius 2 is 2.07 bits per heavy atom. The van der Waals surface area contributed by atoms with Gasteiger partial charge in [-0.15, -0.1) is 0 Å². The molecule has 1 aliphatic heterocycles. The van der Waals surface area contributed by atoms with Crippen LogP contribution in [0.25, 0.3) is 0 Å². The van der Waals surface area contributed by atoms with Gasteiger partial charge in [0.2, 0.25) is 0 Å². The molecule has 2 atom stereocenters. The number of hydrogen-bond donors (Lipinski definition) is 0. The molecule has 1 heterocycles. The second kappa shape index (κ2) is 4.42. The topological polar surface area (TPSA) is 12.5 Å². The van der Waals surface area contributed by atoms with Crippen molar-refractivity contribution in [1.29, 1.82) is 0 Å². The van der Waals surface area contributed by atoms with Crippen molar-refractivity contribution >= 4 is 0 Å². The van der Waals surface area contributed by atoms with Gasteiger partial charge < -0.3 is 9.64 Å². The van der Waals surface area contributed by atoms with E-state index < -0.39 is 0 Å². The van der Waals surface area contributed by atoms with E-state index in [1.54, 1.807) is 0 Å². The standard InChI is InChI=1S/C13H25NO/c1-11(2)15-10-13-7-4-6-12(13)14(3)9-5-8-13/h11-12H,4-10H2,1-3H3/t12-,13-/m1/s1. The Bertz CT molecular complexity index is 217. The maximum absolute atomic E-state index is 5.91. The van der Waals surface area contributed by atoms with E-state index in [-0.39, 0.29) is 0 Å². The van der Waals surface area contributed by atoms with Crippen molar-refractivity contribution in [2.75, 3.05) is 20.2 Å². The lowest BCUT2D eigenvalue weighted by atomic mass is 9.76. The van der Waals surface area contributed by atoms with Gasteiger partial charge in [-0.2, -0.15) is 0 Å². The van der Waals surface area contributed by atoms with E-state index in [2.05, 4.69) is 25.8 Å². The van der Waals surface area contributed by atoms with Crippen LogP contribution in [0.2, 0.25) is 0 Å². The lowest BCUT2D eigenvalue weighted by Crippen LogP contribution is -2.49.